The minimum Gasteiger partial charge on any atom is -0.310 e. The highest BCUT2D eigenvalue weighted by Gasteiger charge is 2.23. The lowest BCUT2D eigenvalue weighted by atomic mass is 9.91. The quantitative estimate of drug-likeness (QED) is 0.757. The Labute approximate surface area is 132 Å². The molecule has 0 spiro atoms. The van der Waals surface area contributed by atoms with Crippen molar-refractivity contribution >= 4 is 15.9 Å². The van der Waals surface area contributed by atoms with Crippen LogP contribution in [0.4, 0.5) is 0 Å². The van der Waals surface area contributed by atoms with Crippen LogP contribution in [0.25, 0.3) is 0 Å². The number of benzene rings is 1. The zero-order valence-corrected chi connectivity index (χ0v) is 14.3. The van der Waals surface area contributed by atoms with Crippen molar-refractivity contribution in [3.05, 3.63) is 34.3 Å². The smallest absolute Gasteiger partial charge is 0.0343 e. The van der Waals surface area contributed by atoms with Crippen LogP contribution in [0.3, 0.4) is 0 Å². The normalized spacial score (nSPS) is 17.2. The monoisotopic (exact) mass is 338 g/mol. The predicted molar refractivity (Wildman–Crippen MR) is 90.1 cm³/mol. The van der Waals surface area contributed by atoms with Gasteiger partial charge in [0.1, 0.15) is 0 Å². The molecule has 112 valence electrons. The first-order chi connectivity index (χ1) is 9.72. The Bertz CT molecular complexity index is 404. The summed E-state index contributed by atoms with van der Waals surface area (Å²) in [7, 11) is 2.28. The highest BCUT2D eigenvalue weighted by atomic mass is 79.9. The molecule has 0 heterocycles. The van der Waals surface area contributed by atoms with E-state index in [9.17, 15) is 0 Å². The van der Waals surface area contributed by atoms with Gasteiger partial charge in [0, 0.05) is 16.6 Å². The molecular weight excluding hydrogens is 312 g/mol. The van der Waals surface area contributed by atoms with E-state index < -0.39 is 0 Å². The van der Waals surface area contributed by atoms with Crippen LogP contribution in [0.15, 0.2) is 28.7 Å². The molecule has 0 aromatic heterocycles. The van der Waals surface area contributed by atoms with Gasteiger partial charge in [0.15, 0.2) is 0 Å². The Balaban J connectivity index is 1.94. The van der Waals surface area contributed by atoms with Gasteiger partial charge >= 0.3 is 0 Å². The Kier molecular flexibility index (Phi) is 6.53. The molecule has 1 unspecified atom stereocenters. The lowest BCUT2D eigenvalue weighted by Crippen LogP contribution is -2.39. The molecule has 1 N–H and O–H groups in total. The first kappa shape index (κ1) is 16.0. The predicted octanol–water partition coefficient (Wildman–Crippen LogP) is 4.36. The zero-order valence-electron chi connectivity index (χ0n) is 12.7. The molecule has 0 radical (unpaired) electrons. The molecule has 0 aliphatic heterocycles. The van der Waals surface area contributed by atoms with Crippen LogP contribution in [-0.2, 0) is 0 Å². The summed E-state index contributed by atoms with van der Waals surface area (Å²) in [5.74, 6) is 0. The van der Waals surface area contributed by atoms with E-state index in [1.165, 1.54) is 48.7 Å². The second kappa shape index (κ2) is 8.16. The second-order valence-corrected chi connectivity index (χ2v) is 6.74. The van der Waals surface area contributed by atoms with Crippen molar-refractivity contribution < 1.29 is 0 Å². The molecule has 1 aromatic carbocycles. The third-order valence-electron chi connectivity index (χ3n) is 4.39. The van der Waals surface area contributed by atoms with Gasteiger partial charge in [-0.2, -0.15) is 0 Å². The molecule has 1 aromatic rings. The van der Waals surface area contributed by atoms with E-state index in [2.05, 4.69) is 64.4 Å². The third-order valence-corrected chi connectivity index (χ3v) is 5.11. The third kappa shape index (κ3) is 4.31. The fraction of sp³-hybridized carbons (Fsp3) is 0.647. The molecule has 1 aliphatic rings. The summed E-state index contributed by atoms with van der Waals surface area (Å²) in [5.41, 5.74) is 1.39. The van der Waals surface area contributed by atoms with Crippen LogP contribution in [0.2, 0.25) is 0 Å². The molecule has 0 saturated heterocycles. The zero-order chi connectivity index (χ0) is 14.4. The van der Waals surface area contributed by atoms with Crippen molar-refractivity contribution in [1.82, 2.24) is 10.2 Å². The van der Waals surface area contributed by atoms with Gasteiger partial charge in [0.25, 0.3) is 0 Å². The van der Waals surface area contributed by atoms with E-state index in [4.69, 9.17) is 0 Å². The van der Waals surface area contributed by atoms with E-state index in [-0.39, 0.29) is 0 Å². The van der Waals surface area contributed by atoms with Crippen molar-refractivity contribution in [1.29, 1.82) is 0 Å². The topological polar surface area (TPSA) is 15.3 Å². The minimum atomic E-state index is 0.452. The first-order valence-electron chi connectivity index (χ1n) is 7.90. The summed E-state index contributed by atoms with van der Waals surface area (Å²) in [6, 6.07) is 9.89. The summed E-state index contributed by atoms with van der Waals surface area (Å²) >= 11 is 3.70. The molecule has 2 rings (SSSR count). The Morgan fingerprint density at radius 1 is 1.35 bits per heavy atom. The molecule has 0 bridgehead atoms. The van der Waals surface area contributed by atoms with Crippen LogP contribution in [0.5, 0.6) is 0 Å². The molecular formula is C17H27BrN2. The summed E-state index contributed by atoms with van der Waals surface area (Å²) < 4.78 is 1.22. The molecule has 2 nitrogen and oxygen atoms in total. The fourth-order valence-corrected chi connectivity index (χ4v) is 3.35. The van der Waals surface area contributed by atoms with Gasteiger partial charge in [0.2, 0.25) is 0 Å². The van der Waals surface area contributed by atoms with Crippen LogP contribution < -0.4 is 5.32 Å². The van der Waals surface area contributed by atoms with E-state index in [1.807, 2.05) is 0 Å². The number of halogens is 1. The van der Waals surface area contributed by atoms with E-state index >= 15 is 0 Å². The summed E-state index contributed by atoms with van der Waals surface area (Å²) in [5, 5.41) is 3.70. The Hall–Kier alpha value is -0.380. The lowest BCUT2D eigenvalue weighted by Gasteiger charge is -2.35. The van der Waals surface area contributed by atoms with Gasteiger partial charge in [-0.05, 0) is 57.5 Å². The Morgan fingerprint density at radius 2 is 2.10 bits per heavy atom. The molecule has 1 saturated carbocycles. The number of hydrogen-bond donors (Lipinski definition) is 1. The average molecular weight is 339 g/mol. The van der Waals surface area contributed by atoms with Gasteiger partial charge in [-0.3, -0.25) is 0 Å². The highest BCUT2D eigenvalue weighted by Crippen LogP contribution is 2.28. The van der Waals surface area contributed by atoms with Crippen LogP contribution in [0, 0.1) is 0 Å². The SMILES string of the molecule is CCCNC(CCN(C)C1CCC1)c1ccccc1Br. The summed E-state index contributed by atoms with van der Waals surface area (Å²) in [6.45, 7) is 4.48. The number of hydrogen-bond acceptors (Lipinski definition) is 2. The van der Waals surface area contributed by atoms with Gasteiger partial charge in [-0.15, -0.1) is 0 Å². The largest absolute Gasteiger partial charge is 0.310 e. The standard InChI is InChI=1S/C17H27BrN2/c1-3-12-19-17(15-9-4-5-10-16(15)18)11-13-20(2)14-7-6-8-14/h4-5,9-10,14,17,19H,3,6-8,11-13H2,1-2H3. The van der Waals surface area contributed by atoms with Gasteiger partial charge in [-0.1, -0.05) is 47.5 Å². The summed E-state index contributed by atoms with van der Waals surface area (Å²) in [4.78, 5) is 2.54. The summed E-state index contributed by atoms with van der Waals surface area (Å²) in [6.07, 6.45) is 6.54. The minimum absolute atomic E-state index is 0.452. The van der Waals surface area contributed by atoms with Gasteiger partial charge in [-0.25, -0.2) is 0 Å². The molecule has 20 heavy (non-hydrogen) atoms. The lowest BCUT2D eigenvalue weighted by molar-refractivity contribution is 0.153. The molecule has 1 atom stereocenters. The highest BCUT2D eigenvalue weighted by molar-refractivity contribution is 9.10. The molecule has 1 fully saturated rings. The average Bonchev–Trinajstić information content (AvgIpc) is 2.38. The fourth-order valence-electron chi connectivity index (χ4n) is 2.79. The van der Waals surface area contributed by atoms with Crippen molar-refractivity contribution in [3.63, 3.8) is 0 Å². The second-order valence-electron chi connectivity index (χ2n) is 5.88. The number of rotatable bonds is 8. The molecule has 0 amide bonds. The number of nitrogens with zero attached hydrogens (tertiary/aromatic N) is 1. The van der Waals surface area contributed by atoms with Gasteiger partial charge in [0.05, 0.1) is 0 Å². The first-order valence-corrected chi connectivity index (χ1v) is 8.69. The van der Waals surface area contributed by atoms with Crippen molar-refractivity contribution in [2.75, 3.05) is 20.1 Å². The maximum Gasteiger partial charge on any atom is 0.0343 e. The van der Waals surface area contributed by atoms with Crippen LogP contribution in [-0.4, -0.2) is 31.1 Å². The van der Waals surface area contributed by atoms with Crippen LogP contribution in [0.1, 0.15) is 50.6 Å². The van der Waals surface area contributed by atoms with E-state index in [1.54, 1.807) is 0 Å². The van der Waals surface area contributed by atoms with E-state index in [0.717, 1.165) is 12.6 Å². The van der Waals surface area contributed by atoms with Gasteiger partial charge < -0.3 is 10.2 Å². The number of nitrogens with one attached hydrogen (secondary N) is 1. The maximum atomic E-state index is 3.70. The van der Waals surface area contributed by atoms with Crippen molar-refractivity contribution in [2.45, 2.75) is 51.1 Å². The molecule has 1 aliphatic carbocycles. The van der Waals surface area contributed by atoms with Crippen molar-refractivity contribution in [2.24, 2.45) is 0 Å². The molecule has 3 heteroatoms. The van der Waals surface area contributed by atoms with Crippen LogP contribution >= 0.6 is 15.9 Å². The van der Waals surface area contributed by atoms with Crippen molar-refractivity contribution in [3.8, 4) is 0 Å². The maximum absolute atomic E-state index is 3.70. The van der Waals surface area contributed by atoms with E-state index in [0.29, 0.717) is 6.04 Å². The Morgan fingerprint density at radius 3 is 2.70 bits per heavy atom.